The molecule has 0 aliphatic carbocycles. The van der Waals surface area contributed by atoms with Crippen LogP contribution in [0.5, 0.6) is 11.8 Å². The van der Waals surface area contributed by atoms with Gasteiger partial charge in [-0.3, -0.25) is 4.98 Å². The lowest BCUT2D eigenvalue weighted by molar-refractivity contribution is -0.141. The maximum atomic E-state index is 12.5. The zero-order valence-corrected chi connectivity index (χ0v) is 9.27. The van der Waals surface area contributed by atoms with E-state index in [1.165, 1.54) is 19.3 Å². The van der Waals surface area contributed by atoms with Crippen molar-refractivity contribution in [2.24, 2.45) is 0 Å². The van der Waals surface area contributed by atoms with E-state index in [0.29, 0.717) is 0 Å². The van der Waals surface area contributed by atoms with Crippen molar-refractivity contribution in [3.05, 3.63) is 42.0 Å². The molecule has 0 aliphatic heterocycles. The molecule has 0 bridgehead atoms. The highest BCUT2D eigenvalue weighted by Gasteiger charge is 2.33. The van der Waals surface area contributed by atoms with Gasteiger partial charge in [-0.1, -0.05) is 0 Å². The highest BCUT2D eigenvalue weighted by Crippen LogP contribution is 2.29. The van der Waals surface area contributed by atoms with E-state index in [-0.39, 0.29) is 17.5 Å². The first-order valence-electron chi connectivity index (χ1n) is 4.96. The summed E-state index contributed by atoms with van der Waals surface area (Å²) >= 11 is 0. The van der Waals surface area contributed by atoms with Gasteiger partial charge in [0.15, 0.2) is 5.69 Å². The molecule has 4 nitrogen and oxygen atoms in total. The summed E-state index contributed by atoms with van der Waals surface area (Å²) in [5, 5.41) is 0. The van der Waals surface area contributed by atoms with Crippen LogP contribution >= 0.6 is 0 Å². The number of rotatable bonds is 2. The van der Waals surface area contributed by atoms with Gasteiger partial charge in [0.05, 0.1) is 6.20 Å². The van der Waals surface area contributed by atoms with Crippen LogP contribution in [-0.4, -0.2) is 15.0 Å². The number of aryl methyl sites for hydroxylation is 1. The van der Waals surface area contributed by atoms with Crippen molar-refractivity contribution in [1.82, 2.24) is 15.0 Å². The number of halogens is 3. The maximum absolute atomic E-state index is 12.5. The quantitative estimate of drug-likeness (QED) is 0.827. The monoisotopic (exact) mass is 255 g/mol. The van der Waals surface area contributed by atoms with Crippen LogP contribution in [-0.2, 0) is 6.18 Å². The van der Waals surface area contributed by atoms with Crippen molar-refractivity contribution in [2.75, 3.05) is 0 Å². The predicted molar refractivity (Wildman–Crippen MR) is 56.1 cm³/mol. The highest BCUT2D eigenvalue weighted by atomic mass is 19.4. The molecule has 2 aromatic heterocycles. The van der Waals surface area contributed by atoms with Gasteiger partial charge in [0.25, 0.3) is 0 Å². The summed E-state index contributed by atoms with van der Waals surface area (Å²) in [6.45, 7) is 1.44. The van der Waals surface area contributed by atoms with Gasteiger partial charge in [-0.25, -0.2) is 4.98 Å². The Labute approximate surface area is 100 Å². The number of nitrogens with zero attached hydrogens (tertiary/aromatic N) is 3. The van der Waals surface area contributed by atoms with Crippen molar-refractivity contribution in [1.29, 1.82) is 0 Å². The number of pyridine rings is 1. The number of hydrogen-bond acceptors (Lipinski definition) is 4. The van der Waals surface area contributed by atoms with Gasteiger partial charge in [-0.15, -0.1) is 0 Å². The molecule has 2 heterocycles. The molecular weight excluding hydrogens is 247 g/mol. The highest BCUT2D eigenvalue weighted by molar-refractivity contribution is 5.22. The Kier molecular flexibility index (Phi) is 3.14. The van der Waals surface area contributed by atoms with Crippen LogP contribution in [0.2, 0.25) is 0 Å². The summed E-state index contributed by atoms with van der Waals surface area (Å²) in [6, 6.07) is 3.65. The lowest BCUT2D eigenvalue weighted by Gasteiger charge is -2.09. The molecule has 0 amide bonds. The molecule has 0 saturated carbocycles. The Bertz CT molecular complexity index is 543. The van der Waals surface area contributed by atoms with E-state index in [9.17, 15) is 13.2 Å². The number of alkyl halides is 3. The van der Waals surface area contributed by atoms with Gasteiger partial charge < -0.3 is 4.74 Å². The maximum Gasteiger partial charge on any atom is 0.433 e. The third-order valence-electron chi connectivity index (χ3n) is 1.97. The summed E-state index contributed by atoms with van der Waals surface area (Å²) in [6.07, 6.45) is -1.65. The summed E-state index contributed by atoms with van der Waals surface area (Å²) in [5.41, 5.74) is -0.856. The molecular formula is C11H8F3N3O. The summed E-state index contributed by atoms with van der Waals surface area (Å²) < 4.78 is 42.7. The molecule has 0 atom stereocenters. The minimum Gasteiger partial charge on any atom is -0.423 e. The fourth-order valence-electron chi connectivity index (χ4n) is 1.25. The minimum atomic E-state index is -4.53. The van der Waals surface area contributed by atoms with E-state index in [4.69, 9.17) is 4.74 Å². The summed E-state index contributed by atoms with van der Waals surface area (Å²) in [7, 11) is 0. The topological polar surface area (TPSA) is 47.9 Å². The molecule has 0 saturated heterocycles. The molecule has 18 heavy (non-hydrogen) atoms. The van der Waals surface area contributed by atoms with Crippen LogP contribution in [0.15, 0.2) is 30.6 Å². The predicted octanol–water partition coefficient (Wildman–Crippen LogP) is 2.99. The van der Waals surface area contributed by atoms with Crippen molar-refractivity contribution in [3.8, 4) is 11.8 Å². The van der Waals surface area contributed by atoms with Crippen LogP contribution < -0.4 is 4.74 Å². The van der Waals surface area contributed by atoms with Gasteiger partial charge in [0, 0.05) is 11.9 Å². The van der Waals surface area contributed by atoms with E-state index >= 15 is 0 Å². The van der Waals surface area contributed by atoms with E-state index < -0.39 is 11.9 Å². The van der Waals surface area contributed by atoms with Gasteiger partial charge in [0.2, 0.25) is 0 Å². The van der Waals surface area contributed by atoms with Crippen LogP contribution in [0.25, 0.3) is 0 Å². The Hall–Kier alpha value is -2.18. The van der Waals surface area contributed by atoms with Gasteiger partial charge in [-0.2, -0.15) is 18.2 Å². The zero-order valence-electron chi connectivity index (χ0n) is 9.27. The minimum absolute atomic E-state index is 0.177. The van der Waals surface area contributed by atoms with Crippen LogP contribution in [0, 0.1) is 6.92 Å². The third kappa shape index (κ3) is 2.93. The SMILES string of the molecule is Cc1cc(C(F)(F)F)nc(Oc2cccnc2)n1. The molecule has 0 N–H and O–H groups in total. The molecule has 0 fully saturated rings. The standard InChI is InChI=1S/C11H8F3N3O/c1-7-5-9(11(12,13)14)17-10(16-7)18-8-3-2-4-15-6-8/h2-6H,1H3. The lowest BCUT2D eigenvalue weighted by Crippen LogP contribution is -2.10. The van der Waals surface area contributed by atoms with Crippen molar-refractivity contribution >= 4 is 0 Å². The molecule has 94 valence electrons. The second-order valence-electron chi connectivity index (χ2n) is 3.47. The largest absolute Gasteiger partial charge is 0.433 e. The van der Waals surface area contributed by atoms with E-state index in [0.717, 1.165) is 6.07 Å². The Morgan fingerprint density at radius 3 is 2.61 bits per heavy atom. The normalized spacial score (nSPS) is 11.3. The van der Waals surface area contributed by atoms with Gasteiger partial charge in [-0.05, 0) is 25.1 Å². The fraction of sp³-hybridized carbons (Fsp3) is 0.182. The lowest BCUT2D eigenvalue weighted by atomic mass is 10.3. The molecule has 2 aromatic rings. The number of ether oxygens (including phenoxy) is 1. The van der Waals surface area contributed by atoms with E-state index in [2.05, 4.69) is 15.0 Å². The number of hydrogen-bond donors (Lipinski definition) is 0. The van der Waals surface area contributed by atoms with Crippen LogP contribution in [0.3, 0.4) is 0 Å². The van der Waals surface area contributed by atoms with Gasteiger partial charge in [0.1, 0.15) is 5.75 Å². The average Bonchev–Trinajstić information content (AvgIpc) is 2.28. The fourth-order valence-corrected chi connectivity index (χ4v) is 1.25. The van der Waals surface area contributed by atoms with Crippen molar-refractivity contribution < 1.29 is 17.9 Å². The summed E-state index contributed by atoms with van der Waals surface area (Å²) in [5.74, 6) is 0.274. The molecule has 7 heteroatoms. The van der Waals surface area contributed by atoms with Gasteiger partial charge >= 0.3 is 12.2 Å². The van der Waals surface area contributed by atoms with Crippen molar-refractivity contribution in [3.63, 3.8) is 0 Å². The number of aromatic nitrogens is 3. The molecule has 0 radical (unpaired) electrons. The zero-order chi connectivity index (χ0) is 13.2. The van der Waals surface area contributed by atoms with Crippen molar-refractivity contribution in [2.45, 2.75) is 13.1 Å². The Balaban J connectivity index is 2.32. The average molecular weight is 255 g/mol. The second kappa shape index (κ2) is 4.59. The smallest absolute Gasteiger partial charge is 0.423 e. The van der Waals surface area contributed by atoms with Crippen LogP contribution in [0.4, 0.5) is 13.2 Å². The van der Waals surface area contributed by atoms with E-state index in [1.54, 1.807) is 12.1 Å². The van der Waals surface area contributed by atoms with Crippen LogP contribution in [0.1, 0.15) is 11.4 Å². The molecule has 0 aromatic carbocycles. The first kappa shape index (κ1) is 12.3. The molecule has 0 aliphatic rings. The van der Waals surface area contributed by atoms with E-state index in [1.807, 2.05) is 0 Å². The first-order chi connectivity index (χ1) is 8.45. The Morgan fingerprint density at radius 1 is 1.22 bits per heavy atom. The first-order valence-corrected chi connectivity index (χ1v) is 4.96. The Morgan fingerprint density at radius 2 is 2.00 bits per heavy atom. The summed E-state index contributed by atoms with van der Waals surface area (Å²) in [4.78, 5) is 10.9. The second-order valence-corrected chi connectivity index (χ2v) is 3.47. The molecule has 0 unspecified atom stereocenters. The molecule has 0 spiro atoms. The molecule has 2 rings (SSSR count). The third-order valence-corrected chi connectivity index (χ3v) is 1.97.